The van der Waals surface area contributed by atoms with Crippen molar-refractivity contribution >= 4 is 60.9 Å². The molecule has 5 heteroatoms. The fourth-order valence-electron chi connectivity index (χ4n) is 9.00. The minimum absolute atomic E-state index is 0.0262. The highest BCUT2D eigenvalue weighted by molar-refractivity contribution is 7.33. The third-order valence-electron chi connectivity index (χ3n) is 11.7. The highest BCUT2D eigenvalue weighted by Crippen LogP contribution is 2.56. The minimum Gasteiger partial charge on any atom is -0.458 e. The summed E-state index contributed by atoms with van der Waals surface area (Å²) in [5.74, 6) is 3.69. The number of hydrogen-bond donors (Lipinski definition) is 0. The molecule has 2 aliphatic heterocycles. The van der Waals surface area contributed by atoms with Crippen LogP contribution in [0.3, 0.4) is 0 Å². The van der Waals surface area contributed by atoms with Gasteiger partial charge in [-0.15, -0.1) is 11.3 Å². The van der Waals surface area contributed by atoms with Gasteiger partial charge in [0.1, 0.15) is 23.0 Å². The monoisotopic (exact) mass is 707 g/mol. The highest BCUT2D eigenvalue weighted by Gasteiger charge is 2.49. The lowest BCUT2D eigenvalue weighted by Gasteiger charge is -2.37. The van der Waals surface area contributed by atoms with E-state index in [0.29, 0.717) is 0 Å². The van der Waals surface area contributed by atoms with Gasteiger partial charge in [0.2, 0.25) is 0 Å². The maximum atomic E-state index is 7.17. The van der Waals surface area contributed by atoms with Gasteiger partial charge < -0.3 is 14.4 Å². The molecule has 10 rings (SSSR count). The van der Waals surface area contributed by atoms with Gasteiger partial charge in [-0.25, -0.2) is 0 Å². The molecule has 0 bridgehead atoms. The zero-order valence-corrected chi connectivity index (χ0v) is 32.5. The van der Waals surface area contributed by atoms with Gasteiger partial charge in [0, 0.05) is 48.7 Å². The number of benzene rings is 6. The molecule has 7 aromatic rings. The summed E-state index contributed by atoms with van der Waals surface area (Å²) < 4.78 is 16.7. The molecule has 0 atom stereocenters. The molecule has 1 aromatic heterocycles. The van der Waals surface area contributed by atoms with Crippen LogP contribution < -0.4 is 30.1 Å². The Balaban J connectivity index is 1.32. The molecular formula is C48H42BNO2S. The first kappa shape index (κ1) is 32.4. The molecule has 1 aliphatic carbocycles. The summed E-state index contributed by atoms with van der Waals surface area (Å²) in [6.07, 6.45) is 0. The van der Waals surface area contributed by atoms with E-state index in [1.165, 1.54) is 59.3 Å². The van der Waals surface area contributed by atoms with E-state index in [1.807, 2.05) is 11.3 Å². The van der Waals surface area contributed by atoms with Crippen LogP contribution in [-0.4, -0.2) is 6.71 Å². The predicted octanol–water partition coefficient (Wildman–Crippen LogP) is 11.6. The molecule has 260 valence electrons. The number of rotatable bonds is 3. The molecule has 53 heavy (non-hydrogen) atoms. The summed E-state index contributed by atoms with van der Waals surface area (Å²) in [6.45, 7) is 18.0. The number of anilines is 3. The largest absolute Gasteiger partial charge is 0.458 e. The van der Waals surface area contributed by atoms with Gasteiger partial charge >= 0.3 is 0 Å². The summed E-state index contributed by atoms with van der Waals surface area (Å²) in [7, 11) is 0. The third kappa shape index (κ3) is 4.72. The Kier molecular flexibility index (Phi) is 6.80. The van der Waals surface area contributed by atoms with Crippen molar-refractivity contribution in [1.29, 1.82) is 0 Å². The second-order valence-electron chi connectivity index (χ2n) is 16.8. The van der Waals surface area contributed by atoms with Gasteiger partial charge in [0.15, 0.2) is 0 Å². The van der Waals surface area contributed by atoms with E-state index in [1.54, 1.807) is 0 Å². The molecule has 0 saturated carbocycles. The zero-order chi connectivity index (χ0) is 36.6. The van der Waals surface area contributed by atoms with Crippen molar-refractivity contribution in [2.45, 2.75) is 66.2 Å². The third-order valence-corrected chi connectivity index (χ3v) is 12.9. The first-order valence-electron chi connectivity index (χ1n) is 18.7. The first-order valence-corrected chi connectivity index (χ1v) is 19.5. The van der Waals surface area contributed by atoms with Gasteiger partial charge in [-0.05, 0) is 108 Å². The summed E-state index contributed by atoms with van der Waals surface area (Å²) in [5, 5.41) is 1.19. The average molecular weight is 708 g/mol. The lowest BCUT2D eigenvalue weighted by Crippen LogP contribution is -2.58. The predicted molar refractivity (Wildman–Crippen MR) is 225 cm³/mol. The lowest BCUT2D eigenvalue weighted by molar-refractivity contribution is 0.466. The topological polar surface area (TPSA) is 21.7 Å². The number of fused-ring (bicyclic) bond motifs is 10. The Morgan fingerprint density at radius 3 is 1.94 bits per heavy atom. The fraction of sp³-hybridized carbons (Fsp3) is 0.208. The first-order chi connectivity index (χ1) is 25.4. The molecule has 0 fully saturated rings. The standard InChI is InChI=1S/C48H42BNO2S/c1-27-13-18-31(19-14-27)50(32-20-15-28(2)16-21-32)36-26-39-44(42-41(36)33-11-9-10-12-35(33)48(42,7)8)49-43-37(51-39)23-29(3)24-38(43)52-45-34-25-30(47(4,5)6)17-22-40(34)53-46(45)49/h9-26H,1-8H3. The second kappa shape index (κ2) is 11.1. The normalized spacial score (nSPS) is 14.5. The number of aryl methyl sites for hydroxylation is 3. The molecule has 3 aliphatic rings. The molecule has 0 spiro atoms. The van der Waals surface area contributed by atoms with Crippen molar-refractivity contribution < 1.29 is 9.47 Å². The smallest absolute Gasteiger partial charge is 0.273 e. The quantitative estimate of drug-likeness (QED) is 0.171. The van der Waals surface area contributed by atoms with E-state index in [4.69, 9.17) is 9.47 Å². The van der Waals surface area contributed by atoms with Crippen molar-refractivity contribution in [1.82, 2.24) is 0 Å². The van der Waals surface area contributed by atoms with Crippen LogP contribution in [0.1, 0.15) is 68.0 Å². The summed E-state index contributed by atoms with van der Waals surface area (Å²) in [5.41, 5.74) is 15.6. The molecule has 0 N–H and O–H groups in total. The lowest BCUT2D eigenvalue weighted by atomic mass is 9.36. The van der Waals surface area contributed by atoms with Crippen LogP contribution in [0.5, 0.6) is 23.0 Å². The van der Waals surface area contributed by atoms with Gasteiger partial charge in [0.05, 0.1) is 5.69 Å². The van der Waals surface area contributed by atoms with E-state index in [-0.39, 0.29) is 17.5 Å². The Bertz CT molecular complexity index is 2620. The number of nitrogens with zero attached hydrogens (tertiary/aromatic N) is 1. The Morgan fingerprint density at radius 1 is 0.660 bits per heavy atom. The number of hydrogen-bond acceptors (Lipinski definition) is 4. The van der Waals surface area contributed by atoms with Crippen LogP contribution in [0.15, 0.2) is 109 Å². The highest BCUT2D eigenvalue weighted by atomic mass is 32.1. The number of ether oxygens (including phenoxy) is 2. The second-order valence-corrected chi connectivity index (χ2v) is 17.9. The summed E-state index contributed by atoms with van der Waals surface area (Å²) in [6, 6.07) is 40.5. The molecular weight excluding hydrogens is 665 g/mol. The van der Waals surface area contributed by atoms with Crippen molar-refractivity contribution in [3.05, 3.63) is 143 Å². The average Bonchev–Trinajstić information content (AvgIpc) is 3.61. The molecule has 3 nitrogen and oxygen atoms in total. The van der Waals surface area contributed by atoms with E-state index < -0.39 is 0 Å². The van der Waals surface area contributed by atoms with Crippen LogP contribution in [0, 0.1) is 20.8 Å². The minimum atomic E-state index is -0.293. The summed E-state index contributed by atoms with van der Waals surface area (Å²) in [4.78, 5) is 2.43. The van der Waals surface area contributed by atoms with Crippen LogP contribution in [-0.2, 0) is 10.8 Å². The van der Waals surface area contributed by atoms with Gasteiger partial charge in [-0.1, -0.05) is 100 Å². The van der Waals surface area contributed by atoms with Crippen LogP contribution in [0.25, 0.3) is 21.2 Å². The molecule has 0 saturated heterocycles. The molecule has 3 heterocycles. The summed E-state index contributed by atoms with van der Waals surface area (Å²) >= 11 is 1.87. The zero-order valence-electron chi connectivity index (χ0n) is 31.6. The maximum absolute atomic E-state index is 7.17. The van der Waals surface area contributed by atoms with Crippen molar-refractivity contribution in [2.24, 2.45) is 0 Å². The van der Waals surface area contributed by atoms with E-state index in [2.05, 4.69) is 169 Å². The Labute approximate surface area is 316 Å². The van der Waals surface area contributed by atoms with Crippen molar-refractivity contribution in [3.63, 3.8) is 0 Å². The Morgan fingerprint density at radius 2 is 1.28 bits per heavy atom. The van der Waals surface area contributed by atoms with Crippen molar-refractivity contribution in [2.75, 3.05) is 4.90 Å². The Hall–Kier alpha value is -5.26. The molecule has 0 amide bonds. The van der Waals surface area contributed by atoms with Crippen LogP contribution in [0.2, 0.25) is 0 Å². The van der Waals surface area contributed by atoms with Crippen LogP contribution in [0.4, 0.5) is 17.1 Å². The van der Waals surface area contributed by atoms with E-state index >= 15 is 0 Å². The van der Waals surface area contributed by atoms with Gasteiger partial charge in [-0.3, -0.25) is 0 Å². The van der Waals surface area contributed by atoms with Crippen LogP contribution >= 0.6 is 11.3 Å². The van der Waals surface area contributed by atoms with E-state index in [9.17, 15) is 0 Å². The number of thiophene rings is 1. The maximum Gasteiger partial charge on any atom is 0.273 e. The van der Waals surface area contributed by atoms with E-state index in [0.717, 1.165) is 51.1 Å². The van der Waals surface area contributed by atoms with Gasteiger partial charge in [-0.2, -0.15) is 0 Å². The SMILES string of the molecule is Cc1ccc(N(c2ccc(C)cc2)c2cc3c(c4c2-c2ccccc2C4(C)C)B2c4sc5ccc(C(C)(C)C)cc5c4Oc4cc(C)cc(c42)O3)cc1. The molecule has 0 unspecified atom stereocenters. The molecule has 0 radical (unpaired) electrons. The molecule has 6 aromatic carbocycles. The fourth-order valence-corrected chi connectivity index (χ4v) is 10.2. The van der Waals surface area contributed by atoms with Gasteiger partial charge in [0.25, 0.3) is 6.71 Å². The van der Waals surface area contributed by atoms with Crippen molar-refractivity contribution in [3.8, 4) is 34.1 Å².